The Morgan fingerprint density at radius 1 is 1.30 bits per heavy atom. The van der Waals surface area contributed by atoms with Gasteiger partial charge >= 0.3 is 0 Å². The highest BCUT2D eigenvalue weighted by molar-refractivity contribution is 5.85. The summed E-state index contributed by atoms with van der Waals surface area (Å²) in [5.41, 5.74) is -0.304. The zero-order chi connectivity index (χ0) is 20.0. The fraction of sp³-hybridized carbons (Fsp3) is 0.579. The van der Waals surface area contributed by atoms with Gasteiger partial charge in [-0.05, 0) is 46.2 Å². The van der Waals surface area contributed by atoms with Crippen molar-refractivity contribution in [3.8, 4) is 0 Å². The van der Waals surface area contributed by atoms with Gasteiger partial charge in [0.1, 0.15) is 23.9 Å². The highest BCUT2D eigenvalue weighted by Crippen LogP contribution is 2.26. The van der Waals surface area contributed by atoms with Gasteiger partial charge in [-0.25, -0.2) is 13.8 Å². The molecule has 2 rings (SSSR count). The number of halogens is 2. The third kappa shape index (κ3) is 6.37. The zero-order valence-electron chi connectivity index (χ0n) is 16.4. The average Bonchev–Trinajstić information content (AvgIpc) is 2.99. The van der Waals surface area contributed by atoms with E-state index in [1.807, 2.05) is 27.7 Å². The van der Waals surface area contributed by atoms with Gasteiger partial charge in [0, 0.05) is 31.2 Å². The molecule has 27 heavy (non-hydrogen) atoms. The summed E-state index contributed by atoms with van der Waals surface area (Å²) in [7, 11) is 0. The number of amides is 1. The van der Waals surface area contributed by atoms with Crippen molar-refractivity contribution in [3.05, 3.63) is 29.8 Å². The lowest BCUT2D eigenvalue weighted by Crippen LogP contribution is -2.46. The van der Waals surface area contributed by atoms with E-state index in [1.54, 1.807) is 4.90 Å². The first-order valence-electron chi connectivity index (χ1n) is 9.24. The number of guanidine groups is 1. The van der Waals surface area contributed by atoms with Crippen LogP contribution in [0.2, 0.25) is 0 Å². The first-order valence-corrected chi connectivity index (χ1v) is 9.24. The van der Waals surface area contributed by atoms with Crippen LogP contribution in [0.1, 0.15) is 34.1 Å². The van der Waals surface area contributed by atoms with Crippen LogP contribution in [0.4, 0.5) is 14.5 Å². The number of carbonyl (C=O) groups is 1. The number of hydrogen-bond acceptors (Lipinski definition) is 3. The van der Waals surface area contributed by atoms with Crippen LogP contribution in [0.15, 0.2) is 23.2 Å². The maximum atomic E-state index is 14.0. The molecule has 6 nitrogen and oxygen atoms in total. The smallest absolute Gasteiger partial charge is 0.242 e. The number of nitrogens with zero attached hydrogens (tertiary/aromatic N) is 2. The van der Waals surface area contributed by atoms with Crippen molar-refractivity contribution < 1.29 is 13.6 Å². The predicted octanol–water partition coefficient (Wildman–Crippen LogP) is 2.01. The average molecular weight is 381 g/mol. The molecule has 0 saturated carbocycles. The predicted molar refractivity (Wildman–Crippen MR) is 104 cm³/mol. The van der Waals surface area contributed by atoms with E-state index in [0.29, 0.717) is 32.0 Å². The van der Waals surface area contributed by atoms with E-state index in [9.17, 15) is 13.6 Å². The summed E-state index contributed by atoms with van der Waals surface area (Å²) < 4.78 is 27.9. The molecule has 0 spiro atoms. The van der Waals surface area contributed by atoms with E-state index in [0.717, 1.165) is 0 Å². The Kier molecular flexibility index (Phi) is 6.98. The number of para-hydroxylation sites is 1. The third-order valence-corrected chi connectivity index (χ3v) is 4.02. The number of rotatable bonds is 5. The second kappa shape index (κ2) is 9.01. The van der Waals surface area contributed by atoms with Gasteiger partial charge in [-0.2, -0.15) is 0 Å². The molecule has 1 heterocycles. The number of aliphatic imine (C=N–C) groups is 1. The molecule has 1 fully saturated rings. The number of nitrogens with one attached hydrogen (secondary N) is 3. The Hall–Kier alpha value is -2.38. The molecule has 150 valence electrons. The molecule has 1 aromatic carbocycles. The van der Waals surface area contributed by atoms with Gasteiger partial charge in [0.15, 0.2) is 5.96 Å². The lowest BCUT2D eigenvalue weighted by Gasteiger charge is -2.22. The molecule has 1 saturated heterocycles. The molecule has 0 radical (unpaired) electrons. The minimum atomic E-state index is -0.560. The molecule has 1 unspecified atom stereocenters. The second-order valence-electron chi connectivity index (χ2n) is 7.64. The van der Waals surface area contributed by atoms with Gasteiger partial charge in [0.2, 0.25) is 5.91 Å². The first-order chi connectivity index (χ1) is 12.7. The van der Waals surface area contributed by atoms with Gasteiger partial charge in [-0.3, -0.25) is 4.79 Å². The van der Waals surface area contributed by atoms with Gasteiger partial charge in [-0.15, -0.1) is 0 Å². The molecule has 1 aromatic rings. The fourth-order valence-electron chi connectivity index (χ4n) is 2.99. The molecule has 1 amide bonds. The van der Waals surface area contributed by atoms with Gasteiger partial charge < -0.3 is 20.9 Å². The summed E-state index contributed by atoms with van der Waals surface area (Å²) in [5.74, 6) is -0.770. The Labute approximate surface area is 159 Å². The second-order valence-corrected chi connectivity index (χ2v) is 7.64. The maximum absolute atomic E-state index is 14.0. The third-order valence-electron chi connectivity index (χ3n) is 4.02. The van der Waals surface area contributed by atoms with Crippen LogP contribution in [0, 0.1) is 11.6 Å². The maximum Gasteiger partial charge on any atom is 0.242 e. The summed E-state index contributed by atoms with van der Waals surface area (Å²) in [6.07, 6.45) is 0.715. The van der Waals surface area contributed by atoms with E-state index in [1.165, 1.54) is 18.2 Å². The molecule has 0 aromatic heterocycles. The fourth-order valence-corrected chi connectivity index (χ4v) is 2.99. The Morgan fingerprint density at radius 3 is 2.56 bits per heavy atom. The Morgan fingerprint density at radius 2 is 1.96 bits per heavy atom. The van der Waals surface area contributed by atoms with Crippen LogP contribution in [0.3, 0.4) is 0 Å². The van der Waals surface area contributed by atoms with E-state index in [-0.39, 0.29) is 29.7 Å². The first kappa shape index (κ1) is 20.9. The summed E-state index contributed by atoms with van der Waals surface area (Å²) in [4.78, 5) is 18.0. The highest BCUT2D eigenvalue weighted by atomic mass is 19.1. The standard InChI is InChI=1S/C19H29F2N5O/c1-5-22-18(23-11-16(27)25-19(2,3)4)24-13-9-10-26(12-13)17-14(20)7-6-8-15(17)21/h6-8,13H,5,9-12H2,1-4H3,(H,25,27)(H2,22,23,24). The number of anilines is 1. The molecule has 3 N–H and O–H groups in total. The van der Waals surface area contributed by atoms with Crippen molar-refractivity contribution >= 4 is 17.6 Å². The number of hydrogen-bond donors (Lipinski definition) is 3. The largest absolute Gasteiger partial charge is 0.365 e. The molecule has 0 bridgehead atoms. The highest BCUT2D eigenvalue weighted by Gasteiger charge is 2.27. The van der Waals surface area contributed by atoms with Crippen LogP contribution >= 0.6 is 0 Å². The summed E-state index contributed by atoms with van der Waals surface area (Å²) >= 11 is 0. The van der Waals surface area contributed by atoms with Crippen molar-refractivity contribution in [1.82, 2.24) is 16.0 Å². The van der Waals surface area contributed by atoms with Crippen molar-refractivity contribution in [1.29, 1.82) is 0 Å². The van der Waals surface area contributed by atoms with Crippen molar-refractivity contribution in [2.45, 2.75) is 45.7 Å². The Bertz CT molecular complexity index is 667. The van der Waals surface area contributed by atoms with Gasteiger partial charge in [-0.1, -0.05) is 6.07 Å². The van der Waals surface area contributed by atoms with E-state index < -0.39 is 11.6 Å². The minimum Gasteiger partial charge on any atom is -0.365 e. The van der Waals surface area contributed by atoms with Crippen LogP contribution in [-0.2, 0) is 4.79 Å². The monoisotopic (exact) mass is 381 g/mol. The molecular formula is C19H29F2N5O. The number of carbonyl (C=O) groups excluding carboxylic acids is 1. The van der Waals surface area contributed by atoms with E-state index in [2.05, 4.69) is 20.9 Å². The molecule has 0 aliphatic carbocycles. The van der Waals surface area contributed by atoms with Crippen molar-refractivity contribution in [2.24, 2.45) is 4.99 Å². The summed E-state index contributed by atoms with van der Waals surface area (Å²) in [6, 6.07) is 3.86. The van der Waals surface area contributed by atoms with Gasteiger partial charge in [0.05, 0.1) is 0 Å². The summed E-state index contributed by atoms with van der Waals surface area (Å²) in [6.45, 7) is 9.31. The molecule has 1 aliphatic rings. The van der Waals surface area contributed by atoms with Crippen LogP contribution in [0.25, 0.3) is 0 Å². The number of benzene rings is 1. The van der Waals surface area contributed by atoms with E-state index >= 15 is 0 Å². The van der Waals surface area contributed by atoms with Crippen molar-refractivity contribution in [2.75, 3.05) is 31.1 Å². The molecule has 8 heteroatoms. The lowest BCUT2D eigenvalue weighted by atomic mass is 10.1. The molecule has 1 aliphatic heterocycles. The van der Waals surface area contributed by atoms with E-state index in [4.69, 9.17) is 0 Å². The SMILES string of the molecule is CCNC(=NCC(=O)NC(C)(C)C)NC1CCN(c2c(F)cccc2F)C1. The normalized spacial score (nSPS) is 17.8. The van der Waals surface area contributed by atoms with Crippen LogP contribution in [0.5, 0.6) is 0 Å². The molecular weight excluding hydrogens is 352 g/mol. The van der Waals surface area contributed by atoms with Crippen LogP contribution < -0.4 is 20.9 Å². The minimum absolute atomic E-state index is 0.00494. The summed E-state index contributed by atoms with van der Waals surface area (Å²) in [5, 5.41) is 9.20. The van der Waals surface area contributed by atoms with Crippen molar-refractivity contribution in [3.63, 3.8) is 0 Å². The lowest BCUT2D eigenvalue weighted by molar-refractivity contribution is -0.121. The topological polar surface area (TPSA) is 68.8 Å². The Balaban J connectivity index is 1.97. The quantitative estimate of drug-likeness (QED) is 0.539. The zero-order valence-corrected chi connectivity index (χ0v) is 16.4. The van der Waals surface area contributed by atoms with Crippen LogP contribution in [-0.4, -0.2) is 49.6 Å². The molecule has 1 atom stereocenters. The van der Waals surface area contributed by atoms with Gasteiger partial charge in [0.25, 0.3) is 0 Å².